The number of hydrogen-bond donors (Lipinski definition) is 1. The van der Waals surface area contributed by atoms with Crippen LogP contribution in [0, 0.1) is 18.6 Å². The van der Waals surface area contributed by atoms with Gasteiger partial charge in [0.1, 0.15) is 11.6 Å². The molecular formula is C15H14ClF2N. The van der Waals surface area contributed by atoms with Crippen LogP contribution in [0.3, 0.4) is 0 Å². The summed E-state index contributed by atoms with van der Waals surface area (Å²) in [6, 6.07) is 8.67. The van der Waals surface area contributed by atoms with Crippen molar-refractivity contribution < 1.29 is 8.78 Å². The van der Waals surface area contributed by atoms with Crippen molar-refractivity contribution in [1.29, 1.82) is 0 Å². The lowest BCUT2D eigenvalue weighted by Crippen LogP contribution is -2.08. The van der Waals surface area contributed by atoms with Gasteiger partial charge in [-0.1, -0.05) is 23.7 Å². The van der Waals surface area contributed by atoms with Crippen LogP contribution in [0.4, 0.5) is 14.5 Å². The molecule has 0 amide bonds. The molecule has 0 aliphatic heterocycles. The number of halogens is 3. The molecule has 100 valence electrons. The molecule has 1 N–H and O–H groups in total. The van der Waals surface area contributed by atoms with Crippen LogP contribution in [0.25, 0.3) is 0 Å². The summed E-state index contributed by atoms with van der Waals surface area (Å²) in [5.41, 5.74) is 2.41. The number of nitrogens with one attached hydrogen (secondary N) is 1. The number of hydrogen-bond acceptors (Lipinski definition) is 1. The Morgan fingerprint density at radius 1 is 1.05 bits per heavy atom. The number of rotatable bonds is 3. The van der Waals surface area contributed by atoms with Gasteiger partial charge >= 0.3 is 0 Å². The van der Waals surface area contributed by atoms with E-state index < -0.39 is 0 Å². The van der Waals surface area contributed by atoms with Gasteiger partial charge in [0.2, 0.25) is 0 Å². The molecule has 0 radical (unpaired) electrons. The predicted octanol–water partition coefficient (Wildman–Crippen LogP) is 5.10. The van der Waals surface area contributed by atoms with Gasteiger partial charge in [0.05, 0.1) is 6.04 Å². The van der Waals surface area contributed by atoms with E-state index in [-0.39, 0.29) is 17.7 Å². The van der Waals surface area contributed by atoms with E-state index in [1.165, 1.54) is 24.3 Å². The summed E-state index contributed by atoms with van der Waals surface area (Å²) in [4.78, 5) is 0. The summed E-state index contributed by atoms with van der Waals surface area (Å²) in [6.45, 7) is 3.78. The first-order valence-corrected chi connectivity index (χ1v) is 6.33. The minimum absolute atomic E-state index is 0.145. The Morgan fingerprint density at radius 3 is 2.37 bits per heavy atom. The minimum Gasteiger partial charge on any atom is -0.378 e. The second-order valence-corrected chi connectivity index (χ2v) is 4.90. The number of benzene rings is 2. The van der Waals surface area contributed by atoms with Crippen LogP contribution in [0.5, 0.6) is 0 Å². The van der Waals surface area contributed by atoms with Gasteiger partial charge in [-0.25, -0.2) is 8.78 Å². The van der Waals surface area contributed by atoms with Gasteiger partial charge < -0.3 is 5.32 Å². The molecule has 1 nitrogen and oxygen atoms in total. The quantitative estimate of drug-likeness (QED) is 0.825. The molecule has 0 aromatic heterocycles. The van der Waals surface area contributed by atoms with E-state index in [4.69, 9.17) is 11.6 Å². The van der Waals surface area contributed by atoms with E-state index in [1.54, 1.807) is 12.1 Å². The molecule has 4 heteroatoms. The van der Waals surface area contributed by atoms with Crippen molar-refractivity contribution in [3.05, 3.63) is 64.2 Å². The molecule has 2 rings (SSSR count). The van der Waals surface area contributed by atoms with Crippen LogP contribution < -0.4 is 5.32 Å². The van der Waals surface area contributed by atoms with Gasteiger partial charge in [-0.15, -0.1) is 0 Å². The van der Waals surface area contributed by atoms with E-state index in [1.807, 2.05) is 13.8 Å². The van der Waals surface area contributed by atoms with Crippen LogP contribution in [-0.4, -0.2) is 0 Å². The van der Waals surface area contributed by atoms with Gasteiger partial charge in [0.25, 0.3) is 0 Å². The van der Waals surface area contributed by atoms with Crippen molar-refractivity contribution in [3.8, 4) is 0 Å². The van der Waals surface area contributed by atoms with Crippen molar-refractivity contribution in [3.63, 3.8) is 0 Å². The van der Waals surface area contributed by atoms with Gasteiger partial charge in [-0.05, 0) is 49.2 Å². The molecule has 0 fully saturated rings. The number of anilines is 1. The largest absolute Gasteiger partial charge is 0.378 e. The van der Waals surface area contributed by atoms with Crippen molar-refractivity contribution in [1.82, 2.24) is 0 Å². The highest BCUT2D eigenvalue weighted by atomic mass is 35.5. The molecule has 0 heterocycles. The lowest BCUT2D eigenvalue weighted by atomic mass is 10.1. The average molecular weight is 282 g/mol. The molecule has 0 spiro atoms. The highest BCUT2D eigenvalue weighted by Gasteiger charge is 2.11. The summed E-state index contributed by atoms with van der Waals surface area (Å²) in [5.74, 6) is -0.673. The Morgan fingerprint density at radius 2 is 1.68 bits per heavy atom. The zero-order valence-corrected chi connectivity index (χ0v) is 11.4. The zero-order valence-electron chi connectivity index (χ0n) is 10.7. The third-order valence-electron chi connectivity index (χ3n) is 3.00. The summed E-state index contributed by atoms with van der Waals surface area (Å²) in [7, 11) is 0. The van der Waals surface area contributed by atoms with Gasteiger partial charge in [-0.3, -0.25) is 0 Å². The Kier molecular flexibility index (Phi) is 4.05. The molecule has 1 unspecified atom stereocenters. The standard InChI is InChI=1S/C15H14ClF2N/c1-9-3-4-12(18)8-15(9)19-10(2)13-6-5-11(17)7-14(13)16/h3-8,10,19H,1-2H3. The molecule has 2 aromatic carbocycles. The zero-order chi connectivity index (χ0) is 14.0. The first-order chi connectivity index (χ1) is 8.97. The average Bonchev–Trinajstić information content (AvgIpc) is 2.33. The van der Waals surface area contributed by atoms with Crippen molar-refractivity contribution in [2.75, 3.05) is 5.32 Å². The van der Waals surface area contributed by atoms with Gasteiger partial charge in [0.15, 0.2) is 0 Å². The van der Waals surface area contributed by atoms with Crippen LogP contribution in [-0.2, 0) is 0 Å². The second-order valence-electron chi connectivity index (χ2n) is 4.49. The molecular weight excluding hydrogens is 268 g/mol. The maximum absolute atomic E-state index is 13.2. The minimum atomic E-state index is -0.372. The Balaban J connectivity index is 2.25. The van der Waals surface area contributed by atoms with E-state index in [2.05, 4.69) is 5.32 Å². The maximum Gasteiger partial charge on any atom is 0.125 e. The Bertz CT molecular complexity index is 599. The fourth-order valence-corrected chi connectivity index (χ4v) is 2.24. The van der Waals surface area contributed by atoms with Crippen LogP contribution in [0.1, 0.15) is 24.1 Å². The normalized spacial score (nSPS) is 12.3. The SMILES string of the molecule is Cc1ccc(F)cc1NC(C)c1ccc(F)cc1Cl. The highest BCUT2D eigenvalue weighted by Crippen LogP contribution is 2.28. The molecule has 2 aromatic rings. The topological polar surface area (TPSA) is 12.0 Å². The summed E-state index contributed by atoms with van der Waals surface area (Å²) in [5, 5.41) is 3.54. The maximum atomic E-state index is 13.2. The molecule has 0 aliphatic rings. The van der Waals surface area contributed by atoms with Crippen LogP contribution in [0.2, 0.25) is 5.02 Å². The fraction of sp³-hybridized carbons (Fsp3) is 0.200. The van der Waals surface area contributed by atoms with E-state index >= 15 is 0 Å². The second kappa shape index (κ2) is 5.57. The Labute approximate surface area is 116 Å². The molecule has 1 atom stereocenters. The van der Waals surface area contributed by atoms with E-state index in [0.29, 0.717) is 10.7 Å². The fourth-order valence-electron chi connectivity index (χ4n) is 1.91. The lowest BCUT2D eigenvalue weighted by Gasteiger charge is -2.18. The lowest BCUT2D eigenvalue weighted by molar-refractivity contribution is 0.626. The van der Waals surface area contributed by atoms with Crippen LogP contribution >= 0.6 is 11.6 Å². The third kappa shape index (κ3) is 3.24. The van der Waals surface area contributed by atoms with Crippen molar-refractivity contribution in [2.45, 2.75) is 19.9 Å². The van der Waals surface area contributed by atoms with E-state index in [0.717, 1.165) is 11.1 Å². The molecule has 19 heavy (non-hydrogen) atoms. The predicted molar refractivity (Wildman–Crippen MR) is 74.6 cm³/mol. The van der Waals surface area contributed by atoms with E-state index in [9.17, 15) is 8.78 Å². The monoisotopic (exact) mass is 281 g/mol. The summed E-state index contributed by atoms with van der Waals surface area (Å²) in [6.07, 6.45) is 0. The molecule has 0 saturated heterocycles. The van der Waals surface area contributed by atoms with Gasteiger partial charge in [-0.2, -0.15) is 0 Å². The first-order valence-electron chi connectivity index (χ1n) is 5.95. The summed E-state index contributed by atoms with van der Waals surface area (Å²) < 4.78 is 26.2. The van der Waals surface area contributed by atoms with Gasteiger partial charge in [0, 0.05) is 10.7 Å². The van der Waals surface area contributed by atoms with Crippen molar-refractivity contribution >= 4 is 17.3 Å². The third-order valence-corrected chi connectivity index (χ3v) is 3.33. The molecule has 0 aliphatic carbocycles. The smallest absolute Gasteiger partial charge is 0.125 e. The number of aryl methyl sites for hydroxylation is 1. The van der Waals surface area contributed by atoms with Crippen molar-refractivity contribution in [2.24, 2.45) is 0 Å². The summed E-state index contributed by atoms with van der Waals surface area (Å²) >= 11 is 6.01. The van der Waals surface area contributed by atoms with Crippen LogP contribution in [0.15, 0.2) is 36.4 Å². The molecule has 0 bridgehead atoms. The highest BCUT2D eigenvalue weighted by molar-refractivity contribution is 6.31. The first kappa shape index (κ1) is 13.8. The Hall–Kier alpha value is -1.61. The molecule has 0 saturated carbocycles.